The van der Waals surface area contributed by atoms with E-state index in [2.05, 4.69) is 12.2 Å². The van der Waals surface area contributed by atoms with Crippen LogP contribution in [0, 0.1) is 12.3 Å². The van der Waals surface area contributed by atoms with Crippen molar-refractivity contribution in [2.24, 2.45) is 5.41 Å². The first-order chi connectivity index (χ1) is 9.68. The largest absolute Gasteiger partial charge is 0.351 e. The summed E-state index contributed by atoms with van der Waals surface area (Å²) >= 11 is 6.00. The van der Waals surface area contributed by atoms with Gasteiger partial charge in [-0.15, -0.1) is 0 Å². The molecule has 0 radical (unpaired) electrons. The van der Waals surface area contributed by atoms with Gasteiger partial charge in [0.2, 0.25) is 0 Å². The zero-order valence-corrected chi connectivity index (χ0v) is 14.2. The molecule has 1 amide bonds. The predicted molar refractivity (Wildman–Crippen MR) is 83.5 cm³/mol. The van der Waals surface area contributed by atoms with E-state index in [0.29, 0.717) is 12.1 Å². The molecule has 0 saturated heterocycles. The van der Waals surface area contributed by atoms with Crippen molar-refractivity contribution in [1.82, 2.24) is 5.32 Å². The van der Waals surface area contributed by atoms with Crippen LogP contribution in [-0.4, -0.2) is 20.9 Å². The summed E-state index contributed by atoms with van der Waals surface area (Å²) in [6, 6.07) is 2.52. The van der Waals surface area contributed by atoms with Gasteiger partial charge in [0.05, 0.1) is 4.90 Å². The molecule has 1 aromatic rings. The summed E-state index contributed by atoms with van der Waals surface area (Å²) in [5.74, 6) is -0.323. The molecule has 1 N–H and O–H groups in total. The molecule has 1 fully saturated rings. The van der Waals surface area contributed by atoms with E-state index >= 15 is 0 Å². The van der Waals surface area contributed by atoms with Crippen LogP contribution in [0.5, 0.6) is 0 Å². The van der Waals surface area contributed by atoms with Crippen molar-refractivity contribution in [1.29, 1.82) is 0 Å². The third-order valence-corrected chi connectivity index (χ3v) is 5.90. The second-order valence-electron chi connectivity index (χ2n) is 5.55. The first kappa shape index (κ1) is 16.6. The molecule has 4 nitrogen and oxygen atoms in total. The zero-order valence-electron chi connectivity index (χ0n) is 11.9. The molecule has 0 aliphatic heterocycles. The number of hydrogen-bond donors (Lipinski definition) is 1. The Balaban J connectivity index is 2.26. The third-order valence-electron chi connectivity index (χ3n) is 4.18. The van der Waals surface area contributed by atoms with Gasteiger partial charge in [0.1, 0.15) is 0 Å². The number of halogens is 2. The van der Waals surface area contributed by atoms with Gasteiger partial charge >= 0.3 is 0 Å². The lowest BCUT2D eigenvalue weighted by molar-refractivity contribution is 0.0943. The lowest BCUT2D eigenvalue weighted by atomic mass is 10.0. The second kappa shape index (κ2) is 5.78. The first-order valence-corrected chi connectivity index (χ1v) is 9.40. The topological polar surface area (TPSA) is 63.2 Å². The average molecular weight is 350 g/mol. The van der Waals surface area contributed by atoms with Crippen molar-refractivity contribution in [2.75, 3.05) is 6.54 Å². The third kappa shape index (κ3) is 3.71. The molecule has 0 atom stereocenters. The smallest absolute Gasteiger partial charge is 0.261 e. The lowest BCUT2D eigenvalue weighted by Gasteiger charge is -2.15. The monoisotopic (exact) mass is 349 g/mol. The van der Waals surface area contributed by atoms with E-state index in [-0.39, 0.29) is 26.8 Å². The van der Waals surface area contributed by atoms with Gasteiger partial charge in [-0.05, 0) is 49.3 Å². The van der Waals surface area contributed by atoms with Gasteiger partial charge < -0.3 is 5.32 Å². The van der Waals surface area contributed by atoms with Crippen LogP contribution in [0.3, 0.4) is 0 Å². The van der Waals surface area contributed by atoms with E-state index in [1.807, 2.05) is 0 Å². The van der Waals surface area contributed by atoms with Crippen LogP contribution in [0.25, 0.3) is 0 Å². The van der Waals surface area contributed by atoms with Crippen molar-refractivity contribution in [3.8, 4) is 0 Å². The van der Waals surface area contributed by atoms with Gasteiger partial charge in [-0.1, -0.05) is 18.5 Å². The molecule has 0 heterocycles. The van der Waals surface area contributed by atoms with Gasteiger partial charge in [0, 0.05) is 27.8 Å². The maximum absolute atomic E-state index is 12.3. The van der Waals surface area contributed by atoms with Crippen LogP contribution < -0.4 is 5.32 Å². The van der Waals surface area contributed by atoms with Gasteiger partial charge in [0.15, 0.2) is 0 Å². The highest BCUT2D eigenvalue weighted by Crippen LogP contribution is 2.47. The molecule has 0 unspecified atom stereocenters. The van der Waals surface area contributed by atoms with E-state index < -0.39 is 9.05 Å². The summed E-state index contributed by atoms with van der Waals surface area (Å²) in [6.45, 7) is 4.37. The molecule has 2 rings (SSSR count). The van der Waals surface area contributed by atoms with Gasteiger partial charge in [-0.2, -0.15) is 0 Å². The standard InChI is InChI=1S/C14H17Cl2NO3S/c1-3-14(4-5-14)8-17-13(18)11-6-10(21(16,19)20)7-12(15)9(11)2/h6-7H,3-5,8H2,1-2H3,(H,17,18). The first-order valence-electron chi connectivity index (χ1n) is 6.71. The summed E-state index contributed by atoms with van der Waals surface area (Å²) in [5, 5.41) is 3.07. The fraction of sp³-hybridized carbons (Fsp3) is 0.500. The van der Waals surface area contributed by atoms with Crippen LogP contribution >= 0.6 is 22.3 Å². The van der Waals surface area contributed by atoms with E-state index in [1.165, 1.54) is 12.1 Å². The minimum atomic E-state index is -3.93. The quantitative estimate of drug-likeness (QED) is 0.827. The lowest BCUT2D eigenvalue weighted by Crippen LogP contribution is -2.30. The van der Waals surface area contributed by atoms with Gasteiger partial charge in [-0.25, -0.2) is 8.42 Å². The maximum Gasteiger partial charge on any atom is 0.261 e. The van der Waals surface area contributed by atoms with Crippen molar-refractivity contribution >= 4 is 37.2 Å². The van der Waals surface area contributed by atoms with Crippen molar-refractivity contribution in [3.05, 3.63) is 28.3 Å². The number of hydrogen-bond acceptors (Lipinski definition) is 3. The molecule has 1 aromatic carbocycles. The number of benzene rings is 1. The van der Waals surface area contributed by atoms with E-state index in [9.17, 15) is 13.2 Å². The Kier molecular flexibility index (Phi) is 4.57. The number of nitrogens with one attached hydrogen (secondary N) is 1. The van der Waals surface area contributed by atoms with Crippen molar-refractivity contribution in [3.63, 3.8) is 0 Å². The fourth-order valence-electron chi connectivity index (χ4n) is 2.23. The summed E-state index contributed by atoms with van der Waals surface area (Å²) < 4.78 is 22.8. The normalized spacial score (nSPS) is 16.6. The molecule has 0 bridgehead atoms. The minimum Gasteiger partial charge on any atom is -0.351 e. The molecule has 116 valence electrons. The molecule has 0 aromatic heterocycles. The SMILES string of the molecule is CCC1(CNC(=O)c2cc(S(=O)(=O)Cl)cc(Cl)c2C)CC1. The van der Waals surface area contributed by atoms with Gasteiger partial charge in [-0.3, -0.25) is 4.79 Å². The summed E-state index contributed by atoms with van der Waals surface area (Å²) in [5.41, 5.74) is 0.997. The van der Waals surface area contributed by atoms with E-state index in [0.717, 1.165) is 19.3 Å². The molecular formula is C14H17Cl2NO3S. The summed E-state index contributed by atoms with van der Waals surface area (Å²) in [6.07, 6.45) is 3.24. The molecule has 1 aliphatic carbocycles. The highest BCUT2D eigenvalue weighted by Gasteiger charge is 2.40. The Bertz CT molecular complexity index is 682. The van der Waals surface area contributed by atoms with Gasteiger partial charge in [0.25, 0.3) is 15.0 Å². The highest BCUT2D eigenvalue weighted by molar-refractivity contribution is 8.13. The Labute approximate surface area is 134 Å². The predicted octanol–water partition coefficient (Wildman–Crippen LogP) is 3.50. The molecule has 7 heteroatoms. The fourth-order valence-corrected chi connectivity index (χ4v) is 3.29. The maximum atomic E-state index is 12.3. The molecule has 1 saturated carbocycles. The Morgan fingerprint density at radius 2 is 2.00 bits per heavy atom. The Morgan fingerprint density at radius 1 is 1.38 bits per heavy atom. The van der Waals surface area contributed by atoms with Crippen LogP contribution in [0.2, 0.25) is 5.02 Å². The van der Waals surface area contributed by atoms with Crippen LogP contribution in [0.4, 0.5) is 0 Å². The zero-order chi connectivity index (χ0) is 15.8. The van der Waals surface area contributed by atoms with E-state index in [1.54, 1.807) is 6.92 Å². The Hall–Kier alpha value is -0.780. The number of carbonyl (C=O) groups is 1. The summed E-state index contributed by atoms with van der Waals surface area (Å²) in [7, 11) is 1.40. The van der Waals surface area contributed by atoms with Crippen LogP contribution in [0.15, 0.2) is 17.0 Å². The number of carbonyl (C=O) groups excluding carboxylic acids is 1. The van der Waals surface area contributed by atoms with Crippen LogP contribution in [-0.2, 0) is 9.05 Å². The Morgan fingerprint density at radius 3 is 2.48 bits per heavy atom. The van der Waals surface area contributed by atoms with Crippen molar-refractivity contribution in [2.45, 2.75) is 38.0 Å². The van der Waals surface area contributed by atoms with E-state index in [4.69, 9.17) is 22.3 Å². The second-order valence-corrected chi connectivity index (χ2v) is 8.52. The number of amides is 1. The van der Waals surface area contributed by atoms with Crippen molar-refractivity contribution < 1.29 is 13.2 Å². The molecular weight excluding hydrogens is 333 g/mol. The highest BCUT2D eigenvalue weighted by atomic mass is 35.7. The minimum absolute atomic E-state index is 0.165. The number of rotatable bonds is 5. The average Bonchev–Trinajstić information content (AvgIpc) is 3.18. The van der Waals surface area contributed by atoms with Crippen LogP contribution in [0.1, 0.15) is 42.1 Å². The summed E-state index contributed by atoms with van der Waals surface area (Å²) in [4.78, 5) is 12.1. The molecule has 1 aliphatic rings. The molecule has 0 spiro atoms. The molecule has 21 heavy (non-hydrogen) atoms.